The number of carboxylic acid groups (broad SMARTS) is 1. The van der Waals surface area contributed by atoms with Crippen molar-refractivity contribution >= 4 is 34.5 Å². The zero-order chi connectivity index (χ0) is 23.5. The Morgan fingerprint density at radius 3 is 2.41 bits per heavy atom. The number of ether oxygens (including phenoxy) is 1. The van der Waals surface area contributed by atoms with Gasteiger partial charge in [0.05, 0.1) is 35.7 Å². The van der Waals surface area contributed by atoms with Crippen molar-refractivity contribution in [2.75, 3.05) is 36.9 Å². The van der Waals surface area contributed by atoms with Gasteiger partial charge in [0.15, 0.2) is 0 Å². The summed E-state index contributed by atoms with van der Waals surface area (Å²) in [6, 6.07) is 22.6. The second-order valence-electron chi connectivity index (χ2n) is 8.35. The summed E-state index contributed by atoms with van der Waals surface area (Å²) in [6.45, 7) is 4.28. The number of nitrogens with zero attached hydrogens (tertiary/aromatic N) is 1. The lowest BCUT2D eigenvalue weighted by Gasteiger charge is -2.26. The zero-order valence-corrected chi connectivity index (χ0v) is 18.6. The Bertz CT molecular complexity index is 1250. The third-order valence-corrected chi connectivity index (χ3v) is 6.06. The van der Waals surface area contributed by atoms with Crippen molar-refractivity contribution in [2.45, 2.75) is 6.54 Å². The second-order valence-corrected chi connectivity index (χ2v) is 8.35. The average molecular weight is 456 g/mol. The van der Waals surface area contributed by atoms with E-state index in [-0.39, 0.29) is 11.5 Å². The van der Waals surface area contributed by atoms with Gasteiger partial charge in [-0.2, -0.15) is 0 Å². The number of rotatable bonds is 6. The van der Waals surface area contributed by atoms with Crippen LogP contribution < -0.4 is 10.6 Å². The van der Waals surface area contributed by atoms with Crippen molar-refractivity contribution in [3.8, 4) is 0 Å². The minimum atomic E-state index is -1.03. The smallest absolute Gasteiger partial charge is 0.335 e. The molecule has 2 heterocycles. The molecule has 0 saturated carbocycles. The first-order chi connectivity index (χ1) is 16.6. The van der Waals surface area contributed by atoms with E-state index in [2.05, 4.69) is 27.7 Å². The molecular weight excluding hydrogens is 430 g/mol. The maximum Gasteiger partial charge on any atom is 0.335 e. The van der Waals surface area contributed by atoms with Gasteiger partial charge in [0.1, 0.15) is 0 Å². The van der Waals surface area contributed by atoms with Crippen molar-refractivity contribution in [3.05, 3.63) is 95.1 Å². The zero-order valence-electron chi connectivity index (χ0n) is 18.6. The molecule has 0 atom stereocenters. The highest BCUT2D eigenvalue weighted by molar-refractivity contribution is 6.37. The molecule has 172 valence electrons. The number of carboxylic acids is 1. The van der Waals surface area contributed by atoms with Gasteiger partial charge in [-0.3, -0.25) is 9.69 Å². The lowest BCUT2D eigenvalue weighted by Crippen LogP contribution is -2.35. The summed E-state index contributed by atoms with van der Waals surface area (Å²) < 4.78 is 5.42. The molecule has 5 rings (SSSR count). The number of carbonyl (C=O) groups excluding carboxylic acids is 1. The molecule has 0 spiro atoms. The van der Waals surface area contributed by atoms with Gasteiger partial charge in [-0.1, -0.05) is 48.5 Å². The summed E-state index contributed by atoms with van der Waals surface area (Å²) in [5.74, 6) is -1.30. The Hall–Kier alpha value is -3.94. The molecule has 3 aromatic rings. The largest absolute Gasteiger partial charge is 0.478 e. The van der Waals surface area contributed by atoms with Crippen molar-refractivity contribution in [1.29, 1.82) is 0 Å². The molecular formula is C27H25N3O4. The molecule has 7 heteroatoms. The van der Waals surface area contributed by atoms with Crippen molar-refractivity contribution < 1.29 is 19.4 Å². The Morgan fingerprint density at radius 2 is 1.71 bits per heavy atom. The van der Waals surface area contributed by atoms with Crippen LogP contribution in [-0.2, 0) is 16.1 Å². The van der Waals surface area contributed by atoms with Crippen molar-refractivity contribution in [1.82, 2.24) is 4.90 Å². The number of hydrogen-bond donors (Lipinski definition) is 3. The van der Waals surface area contributed by atoms with E-state index < -0.39 is 5.97 Å². The minimum Gasteiger partial charge on any atom is -0.478 e. The summed E-state index contributed by atoms with van der Waals surface area (Å²) in [5.41, 5.74) is 5.38. The normalized spacial score (nSPS) is 17.1. The van der Waals surface area contributed by atoms with Gasteiger partial charge in [0.25, 0.3) is 5.91 Å². The van der Waals surface area contributed by atoms with E-state index in [1.165, 1.54) is 17.7 Å². The van der Waals surface area contributed by atoms with Crippen molar-refractivity contribution in [3.63, 3.8) is 0 Å². The number of hydrogen-bond acceptors (Lipinski definition) is 5. The summed E-state index contributed by atoms with van der Waals surface area (Å²) in [7, 11) is 0. The molecule has 1 amide bonds. The predicted octanol–water partition coefficient (Wildman–Crippen LogP) is 4.15. The Kier molecular flexibility index (Phi) is 6.12. The number of fused-ring (bicyclic) bond motifs is 1. The van der Waals surface area contributed by atoms with Crippen LogP contribution in [0.2, 0.25) is 0 Å². The van der Waals surface area contributed by atoms with Crippen LogP contribution in [-0.4, -0.2) is 48.2 Å². The molecule has 2 aliphatic heterocycles. The first kappa shape index (κ1) is 21.9. The number of nitrogens with one attached hydrogen (secondary N) is 2. The fraction of sp³-hybridized carbons (Fsp3) is 0.185. The number of carbonyl (C=O) groups is 2. The lowest BCUT2D eigenvalue weighted by atomic mass is 9.99. The van der Waals surface area contributed by atoms with Crippen LogP contribution in [0.5, 0.6) is 0 Å². The monoisotopic (exact) mass is 455 g/mol. The molecule has 34 heavy (non-hydrogen) atoms. The molecule has 0 radical (unpaired) electrons. The van der Waals surface area contributed by atoms with Gasteiger partial charge < -0.3 is 20.5 Å². The van der Waals surface area contributed by atoms with E-state index in [1.807, 2.05) is 42.5 Å². The molecule has 1 fully saturated rings. The van der Waals surface area contributed by atoms with Gasteiger partial charge >= 0.3 is 5.97 Å². The van der Waals surface area contributed by atoms with Crippen LogP contribution in [0.1, 0.15) is 27.0 Å². The molecule has 3 aromatic carbocycles. The molecule has 1 saturated heterocycles. The number of anilines is 2. The molecule has 3 N–H and O–H groups in total. The Balaban J connectivity index is 1.48. The molecule has 0 bridgehead atoms. The van der Waals surface area contributed by atoms with E-state index in [0.717, 1.165) is 44.1 Å². The van der Waals surface area contributed by atoms with Crippen molar-refractivity contribution in [2.24, 2.45) is 0 Å². The van der Waals surface area contributed by atoms with Gasteiger partial charge in [0.2, 0.25) is 0 Å². The van der Waals surface area contributed by atoms with Crippen LogP contribution in [0.4, 0.5) is 11.4 Å². The van der Waals surface area contributed by atoms with Gasteiger partial charge in [-0.15, -0.1) is 0 Å². The number of aromatic carboxylic acids is 1. The Morgan fingerprint density at radius 1 is 0.971 bits per heavy atom. The summed E-state index contributed by atoms with van der Waals surface area (Å²) >= 11 is 0. The predicted molar refractivity (Wildman–Crippen MR) is 131 cm³/mol. The van der Waals surface area contributed by atoms with Gasteiger partial charge in [0, 0.05) is 30.9 Å². The van der Waals surface area contributed by atoms with Crippen LogP contribution in [0.15, 0.2) is 72.8 Å². The van der Waals surface area contributed by atoms with Crippen LogP contribution in [0.3, 0.4) is 0 Å². The molecule has 0 aromatic heterocycles. The maximum atomic E-state index is 13.0. The average Bonchev–Trinajstić information content (AvgIpc) is 3.19. The molecule has 7 nitrogen and oxygen atoms in total. The molecule has 0 aliphatic carbocycles. The van der Waals surface area contributed by atoms with Crippen LogP contribution >= 0.6 is 0 Å². The topological polar surface area (TPSA) is 90.9 Å². The molecule has 0 unspecified atom stereocenters. The summed E-state index contributed by atoms with van der Waals surface area (Å²) in [6.07, 6.45) is 0. The summed E-state index contributed by atoms with van der Waals surface area (Å²) in [5, 5.41) is 15.6. The van der Waals surface area contributed by atoms with Gasteiger partial charge in [-0.05, 0) is 35.4 Å². The van der Waals surface area contributed by atoms with Crippen LogP contribution in [0, 0.1) is 0 Å². The standard InChI is InChI=1S/C27H25N3O4/c31-26-24(22-11-8-20(27(32)33)16-23(22)29-26)25(19-4-2-1-3-5-19)28-21-9-6-18(7-10-21)17-30-12-14-34-15-13-30/h1-11,16,28H,12-15,17H2,(H,29,31)(H,32,33)/b25-24-. The number of benzene rings is 3. The highest BCUT2D eigenvalue weighted by Crippen LogP contribution is 2.38. The fourth-order valence-corrected chi connectivity index (χ4v) is 4.29. The number of amides is 1. The third kappa shape index (κ3) is 4.57. The van der Waals surface area contributed by atoms with E-state index >= 15 is 0 Å². The number of morpholine rings is 1. The lowest BCUT2D eigenvalue weighted by molar-refractivity contribution is -0.110. The SMILES string of the molecule is O=C1Nc2cc(C(=O)O)ccc2/C1=C(/Nc1ccc(CN2CCOCC2)cc1)c1ccccc1. The first-order valence-corrected chi connectivity index (χ1v) is 11.2. The summed E-state index contributed by atoms with van der Waals surface area (Å²) in [4.78, 5) is 26.8. The van der Waals surface area contributed by atoms with Crippen LogP contribution in [0.25, 0.3) is 11.3 Å². The van der Waals surface area contributed by atoms with Gasteiger partial charge in [-0.25, -0.2) is 4.79 Å². The maximum absolute atomic E-state index is 13.0. The first-order valence-electron chi connectivity index (χ1n) is 11.2. The van der Waals surface area contributed by atoms with E-state index in [9.17, 15) is 14.7 Å². The third-order valence-electron chi connectivity index (χ3n) is 6.06. The fourth-order valence-electron chi connectivity index (χ4n) is 4.29. The quantitative estimate of drug-likeness (QED) is 0.484. The van der Waals surface area contributed by atoms with E-state index in [0.29, 0.717) is 22.5 Å². The van der Waals surface area contributed by atoms with E-state index in [4.69, 9.17) is 4.74 Å². The highest BCUT2D eigenvalue weighted by atomic mass is 16.5. The minimum absolute atomic E-state index is 0.130. The van der Waals surface area contributed by atoms with E-state index in [1.54, 1.807) is 6.07 Å². The Labute approximate surface area is 197 Å². The highest BCUT2D eigenvalue weighted by Gasteiger charge is 2.29. The molecule has 2 aliphatic rings. The second kappa shape index (κ2) is 9.51.